The van der Waals surface area contributed by atoms with E-state index in [4.69, 9.17) is 9.47 Å². The van der Waals surface area contributed by atoms with Crippen LogP contribution >= 0.6 is 0 Å². The van der Waals surface area contributed by atoms with Gasteiger partial charge in [0, 0.05) is 12.5 Å². The molecule has 6 heteroatoms. The summed E-state index contributed by atoms with van der Waals surface area (Å²) in [6.07, 6.45) is 0.469. The predicted molar refractivity (Wildman–Crippen MR) is 55.1 cm³/mol. The molecule has 0 atom stereocenters. The van der Waals surface area contributed by atoms with Crippen molar-refractivity contribution < 1.29 is 19.1 Å². The Kier molecular flexibility index (Phi) is 3.71. The minimum atomic E-state index is -0.561. The van der Waals surface area contributed by atoms with Gasteiger partial charge in [-0.2, -0.15) is 0 Å². The van der Waals surface area contributed by atoms with E-state index in [0.717, 1.165) is 0 Å². The third kappa shape index (κ3) is 2.22. The summed E-state index contributed by atoms with van der Waals surface area (Å²) in [5.41, 5.74) is -0.112. The summed E-state index contributed by atoms with van der Waals surface area (Å²) in [5.74, 6) is -0.543. The number of esters is 1. The highest BCUT2D eigenvalue weighted by atomic mass is 16.6. The van der Waals surface area contributed by atoms with Gasteiger partial charge in [0.25, 0.3) is 0 Å². The standard InChI is InChI=1S/C10H9NO5/c1-6(13)16-8-4-3-7(5-12)9(11-14)10(8)15-2/h3-5H,1-2H3. The molecule has 1 aromatic carbocycles. The van der Waals surface area contributed by atoms with Crippen molar-refractivity contribution >= 4 is 17.9 Å². The summed E-state index contributed by atoms with van der Waals surface area (Å²) in [6, 6.07) is 2.68. The molecule has 0 bridgehead atoms. The summed E-state index contributed by atoms with van der Waals surface area (Å²) < 4.78 is 9.68. The lowest BCUT2D eigenvalue weighted by Gasteiger charge is -2.09. The number of ether oxygens (including phenoxy) is 2. The molecular weight excluding hydrogens is 214 g/mol. The fourth-order valence-electron chi connectivity index (χ4n) is 1.19. The summed E-state index contributed by atoms with van der Waals surface area (Å²) in [4.78, 5) is 32.0. The number of carbonyl (C=O) groups is 2. The van der Waals surface area contributed by atoms with E-state index in [1.54, 1.807) is 0 Å². The first-order valence-corrected chi connectivity index (χ1v) is 4.32. The zero-order valence-corrected chi connectivity index (χ0v) is 8.72. The lowest BCUT2D eigenvalue weighted by atomic mass is 10.1. The fourth-order valence-corrected chi connectivity index (χ4v) is 1.19. The molecule has 0 spiro atoms. The average Bonchev–Trinajstić information content (AvgIpc) is 2.27. The minimum absolute atomic E-state index is 0.0326. The Hall–Kier alpha value is -2.24. The van der Waals surface area contributed by atoms with Crippen molar-refractivity contribution in [3.8, 4) is 11.5 Å². The molecule has 0 fully saturated rings. The van der Waals surface area contributed by atoms with Crippen molar-refractivity contribution in [1.82, 2.24) is 0 Å². The molecule has 0 saturated carbocycles. The van der Waals surface area contributed by atoms with Crippen LogP contribution in [0.15, 0.2) is 17.3 Å². The SMILES string of the molecule is COc1c(OC(C)=O)ccc(C=O)c1N=O. The number of methoxy groups -OCH3 is 1. The third-order valence-corrected chi connectivity index (χ3v) is 1.80. The summed E-state index contributed by atoms with van der Waals surface area (Å²) >= 11 is 0. The van der Waals surface area contributed by atoms with Crippen LogP contribution in [0.3, 0.4) is 0 Å². The molecule has 0 aromatic heterocycles. The van der Waals surface area contributed by atoms with Crippen LogP contribution in [0.1, 0.15) is 17.3 Å². The van der Waals surface area contributed by atoms with Gasteiger partial charge >= 0.3 is 5.97 Å². The molecule has 1 rings (SSSR count). The predicted octanol–water partition coefficient (Wildman–Crippen LogP) is 1.83. The van der Waals surface area contributed by atoms with Crippen molar-refractivity contribution in [3.05, 3.63) is 22.6 Å². The lowest BCUT2D eigenvalue weighted by molar-refractivity contribution is -0.132. The van der Waals surface area contributed by atoms with Crippen LogP contribution in [0.4, 0.5) is 5.69 Å². The average molecular weight is 223 g/mol. The Morgan fingerprint density at radius 2 is 2.12 bits per heavy atom. The summed E-state index contributed by atoms with van der Waals surface area (Å²) in [7, 11) is 1.28. The second-order valence-corrected chi connectivity index (χ2v) is 2.84. The number of rotatable bonds is 4. The Morgan fingerprint density at radius 3 is 2.56 bits per heavy atom. The molecule has 0 amide bonds. The number of aldehydes is 1. The first-order valence-electron chi connectivity index (χ1n) is 4.32. The quantitative estimate of drug-likeness (QED) is 0.336. The second-order valence-electron chi connectivity index (χ2n) is 2.84. The molecule has 0 heterocycles. The van der Waals surface area contributed by atoms with Gasteiger partial charge in [-0.05, 0) is 17.3 Å². The van der Waals surface area contributed by atoms with Crippen LogP contribution in [0.25, 0.3) is 0 Å². The molecule has 0 N–H and O–H groups in total. The molecule has 0 unspecified atom stereocenters. The smallest absolute Gasteiger partial charge is 0.308 e. The first-order chi connectivity index (χ1) is 7.63. The number of nitroso groups, excluding NO2 is 1. The maximum atomic E-state index is 10.8. The monoisotopic (exact) mass is 223 g/mol. The van der Waals surface area contributed by atoms with Gasteiger partial charge in [0.2, 0.25) is 0 Å². The summed E-state index contributed by atoms with van der Waals surface area (Å²) in [6.45, 7) is 1.21. The van der Waals surface area contributed by atoms with Gasteiger partial charge in [-0.25, -0.2) is 0 Å². The highest BCUT2D eigenvalue weighted by Crippen LogP contribution is 2.39. The van der Waals surface area contributed by atoms with E-state index in [9.17, 15) is 14.5 Å². The fraction of sp³-hybridized carbons (Fsp3) is 0.200. The highest BCUT2D eigenvalue weighted by Gasteiger charge is 2.16. The van der Waals surface area contributed by atoms with Crippen molar-refractivity contribution in [2.45, 2.75) is 6.92 Å². The van der Waals surface area contributed by atoms with Gasteiger partial charge in [-0.15, -0.1) is 4.91 Å². The zero-order chi connectivity index (χ0) is 12.1. The molecular formula is C10H9NO5. The van der Waals surface area contributed by atoms with Crippen LogP contribution < -0.4 is 9.47 Å². The minimum Gasteiger partial charge on any atom is -0.491 e. The molecule has 0 radical (unpaired) electrons. The van der Waals surface area contributed by atoms with E-state index in [-0.39, 0.29) is 22.7 Å². The largest absolute Gasteiger partial charge is 0.491 e. The van der Waals surface area contributed by atoms with Gasteiger partial charge in [-0.3, -0.25) is 9.59 Å². The third-order valence-electron chi connectivity index (χ3n) is 1.80. The van der Waals surface area contributed by atoms with Crippen molar-refractivity contribution in [1.29, 1.82) is 0 Å². The van der Waals surface area contributed by atoms with E-state index in [1.165, 1.54) is 26.2 Å². The molecule has 1 aromatic rings. The number of nitrogens with zero attached hydrogens (tertiary/aromatic N) is 1. The summed E-state index contributed by atoms with van der Waals surface area (Å²) in [5, 5.41) is 2.68. The molecule has 16 heavy (non-hydrogen) atoms. The maximum Gasteiger partial charge on any atom is 0.308 e. The van der Waals surface area contributed by atoms with Crippen LogP contribution in [0.5, 0.6) is 11.5 Å². The van der Waals surface area contributed by atoms with E-state index in [2.05, 4.69) is 5.18 Å². The highest BCUT2D eigenvalue weighted by molar-refractivity contribution is 5.87. The Balaban J connectivity index is 3.36. The van der Waals surface area contributed by atoms with Crippen molar-refractivity contribution in [2.24, 2.45) is 5.18 Å². The molecule has 0 saturated heterocycles. The lowest BCUT2D eigenvalue weighted by Crippen LogP contribution is -2.03. The van der Waals surface area contributed by atoms with Crippen LogP contribution in [-0.4, -0.2) is 19.4 Å². The van der Waals surface area contributed by atoms with Gasteiger partial charge in [0.05, 0.1) is 7.11 Å². The maximum absolute atomic E-state index is 10.8. The van der Waals surface area contributed by atoms with Gasteiger partial charge < -0.3 is 9.47 Å². The Morgan fingerprint density at radius 1 is 1.44 bits per heavy atom. The van der Waals surface area contributed by atoms with Crippen LogP contribution in [0.2, 0.25) is 0 Å². The number of hydrogen-bond acceptors (Lipinski definition) is 6. The van der Waals surface area contributed by atoms with Crippen LogP contribution in [0, 0.1) is 4.91 Å². The van der Waals surface area contributed by atoms with E-state index in [1.807, 2.05) is 0 Å². The number of benzene rings is 1. The first kappa shape index (κ1) is 11.8. The molecule has 6 nitrogen and oxygen atoms in total. The number of carbonyl (C=O) groups excluding carboxylic acids is 2. The van der Waals surface area contributed by atoms with Crippen LogP contribution in [-0.2, 0) is 4.79 Å². The molecule has 0 aliphatic heterocycles. The normalized spacial score (nSPS) is 9.38. The van der Waals surface area contributed by atoms with Gasteiger partial charge in [-0.1, -0.05) is 0 Å². The number of hydrogen-bond donors (Lipinski definition) is 0. The molecule has 0 aliphatic rings. The molecule has 0 aliphatic carbocycles. The topological polar surface area (TPSA) is 82.0 Å². The van der Waals surface area contributed by atoms with Crippen molar-refractivity contribution in [2.75, 3.05) is 7.11 Å². The van der Waals surface area contributed by atoms with Crippen molar-refractivity contribution in [3.63, 3.8) is 0 Å². The van der Waals surface area contributed by atoms with Gasteiger partial charge in [0.1, 0.15) is 0 Å². The van der Waals surface area contributed by atoms with E-state index < -0.39 is 5.97 Å². The second kappa shape index (κ2) is 5.01. The Labute approximate surface area is 91.1 Å². The molecule has 84 valence electrons. The van der Waals surface area contributed by atoms with E-state index >= 15 is 0 Å². The van der Waals surface area contributed by atoms with E-state index in [0.29, 0.717) is 6.29 Å². The zero-order valence-electron chi connectivity index (χ0n) is 8.72. The van der Waals surface area contributed by atoms with Gasteiger partial charge in [0.15, 0.2) is 23.5 Å². The Bertz CT molecular complexity index is 441.